The largest absolute Gasteiger partial charge is 0.497 e. The Hall–Kier alpha value is -2.96. The summed E-state index contributed by atoms with van der Waals surface area (Å²) in [7, 11) is 1.58. The van der Waals surface area contributed by atoms with E-state index in [0.29, 0.717) is 11.4 Å². The van der Waals surface area contributed by atoms with Gasteiger partial charge in [0.1, 0.15) is 12.3 Å². The second-order valence-corrected chi connectivity index (χ2v) is 6.89. The fourth-order valence-electron chi connectivity index (χ4n) is 2.11. The van der Waals surface area contributed by atoms with Crippen LogP contribution in [0.5, 0.6) is 5.75 Å². The van der Waals surface area contributed by atoms with Crippen LogP contribution in [0.25, 0.3) is 11.3 Å². The van der Waals surface area contributed by atoms with Gasteiger partial charge < -0.3 is 10.1 Å². The van der Waals surface area contributed by atoms with Crippen LogP contribution in [-0.4, -0.2) is 35.1 Å². The Kier molecular flexibility index (Phi) is 5.92. The van der Waals surface area contributed by atoms with Gasteiger partial charge in [-0.2, -0.15) is 5.10 Å². The van der Waals surface area contributed by atoms with Crippen molar-refractivity contribution in [1.29, 1.82) is 0 Å². The smallest absolute Gasteiger partial charge is 0.267 e. The third kappa shape index (κ3) is 5.02. The van der Waals surface area contributed by atoms with Crippen molar-refractivity contribution < 1.29 is 14.3 Å². The van der Waals surface area contributed by atoms with E-state index in [4.69, 9.17) is 4.74 Å². The summed E-state index contributed by atoms with van der Waals surface area (Å²) in [6.45, 7) is 5.03. The van der Waals surface area contributed by atoms with Crippen LogP contribution in [0.2, 0.25) is 0 Å². The van der Waals surface area contributed by atoms with E-state index in [1.807, 2.05) is 12.1 Å². The number of nitrogens with zero attached hydrogens (tertiary/aromatic N) is 2. The molecule has 7 nitrogen and oxygen atoms in total. The summed E-state index contributed by atoms with van der Waals surface area (Å²) in [5, 5.41) is 6.77. The maximum absolute atomic E-state index is 12.0. The topological polar surface area (TPSA) is 90.3 Å². The van der Waals surface area contributed by atoms with E-state index in [1.54, 1.807) is 46.1 Å². The third-order valence-electron chi connectivity index (χ3n) is 3.83. The third-order valence-corrected chi connectivity index (χ3v) is 3.83. The zero-order chi connectivity index (χ0) is 19.3. The maximum atomic E-state index is 12.0. The molecule has 0 saturated carbocycles. The summed E-state index contributed by atoms with van der Waals surface area (Å²) < 4.78 is 6.19. The van der Waals surface area contributed by atoms with Crippen LogP contribution in [0, 0.1) is 5.41 Å². The first-order valence-electron chi connectivity index (χ1n) is 8.23. The molecule has 1 amide bonds. The number of hydrogen-bond donors (Lipinski definition) is 1. The van der Waals surface area contributed by atoms with Gasteiger partial charge in [-0.05, 0) is 30.3 Å². The van der Waals surface area contributed by atoms with Crippen molar-refractivity contribution in [2.45, 2.75) is 27.3 Å². The second-order valence-electron chi connectivity index (χ2n) is 6.89. The Labute approximate surface area is 152 Å². The van der Waals surface area contributed by atoms with Crippen LogP contribution in [-0.2, 0) is 16.1 Å². The number of rotatable bonds is 6. The van der Waals surface area contributed by atoms with Crippen molar-refractivity contribution >= 4 is 11.7 Å². The van der Waals surface area contributed by atoms with Gasteiger partial charge in [0.05, 0.1) is 19.3 Å². The predicted molar refractivity (Wildman–Crippen MR) is 98.0 cm³/mol. The lowest BCUT2D eigenvalue weighted by molar-refractivity contribution is -0.129. The first kappa shape index (κ1) is 19.4. The predicted octanol–water partition coefficient (Wildman–Crippen LogP) is 1.65. The molecule has 1 N–H and O–H groups in total. The van der Waals surface area contributed by atoms with E-state index in [1.165, 1.54) is 6.07 Å². The fourth-order valence-corrected chi connectivity index (χ4v) is 2.11. The second kappa shape index (κ2) is 7.95. The summed E-state index contributed by atoms with van der Waals surface area (Å²) in [5.74, 6) is 0.187. The van der Waals surface area contributed by atoms with Crippen molar-refractivity contribution in [2.75, 3.05) is 13.7 Å². The molecule has 0 aliphatic heterocycles. The summed E-state index contributed by atoms with van der Waals surface area (Å²) in [6.07, 6.45) is 0. The molecular formula is C19H23N3O4. The Balaban J connectivity index is 2.10. The van der Waals surface area contributed by atoms with Gasteiger partial charge in [-0.15, -0.1) is 0 Å². The summed E-state index contributed by atoms with van der Waals surface area (Å²) in [5.41, 5.74) is 0.435. The molecule has 1 aromatic heterocycles. The standard InChI is InChI=1S/C19H23N3O4/c1-19(2,3)16(23)11-20-17(24)12-22-18(25)10-9-15(21-22)13-5-7-14(26-4)8-6-13/h5-10H,11-12H2,1-4H3,(H,20,24). The summed E-state index contributed by atoms with van der Waals surface area (Å²) >= 11 is 0. The monoisotopic (exact) mass is 357 g/mol. The van der Waals surface area contributed by atoms with Gasteiger partial charge in [-0.1, -0.05) is 20.8 Å². The molecule has 0 fully saturated rings. The average molecular weight is 357 g/mol. The summed E-state index contributed by atoms with van der Waals surface area (Å²) in [4.78, 5) is 35.9. The molecule has 0 spiro atoms. The molecule has 7 heteroatoms. The molecule has 0 radical (unpaired) electrons. The molecule has 0 aliphatic rings. The van der Waals surface area contributed by atoms with Crippen LogP contribution in [0.4, 0.5) is 0 Å². The number of ketones is 1. The molecule has 0 bridgehead atoms. The molecule has 26 heavy (non-hydrogen) atoms. The quantitative estimate of drug-likeness (QED) is 0.849. The first-order chi connectivity index (χ1) is 12.2. The number of methoxy groups -OCH3 is 1. The minimum Gasteiger partial charge on any atom is -0.497 e. The van der Waals surface area contributed by atoms with E-state index >= 15 is 0 Å². The highest BCUT2D eigenvalue weighted by molar-refractivity contribution is 5.89. The van der Waals surface area contributed by atoms with E-state index in [-0.39, 0.29) is 24.4 Å². The van der Waals surface area contributed by atoms with Gasteiger partial charge in [-0.3, -0.25) is 14.4 Å². The van der Waals surface area contributed by atoms with Crippen molar-refractivity contribution in [3.8, 4) is 17.0 Å². The Morgan fingerprint density at radius 3 is 2.35 bits per heavy atom. The van der Waals surface area contributed by atoms with Crippen molar-refractivity contribution in [1.82, 2.24) is 15.1 Å². The zero-order valence-corrected chi connectivity index (χ0v) is 15.4. The minimum absolute atomic E-state index is 0.0742. The van der Waals surface area contributed by atoms with Crippen molar-refractivity contribution in [3.05, 3.63) is 46.8 Å². The Morgan fingerprint density at radius 2 is 1.77 bits per heavy atom. The van der Waals surface area contributed by atoms with Gasteiger partial charge >= 0.3 is 0 Å². The molecule has 138 valence electrons. The number of benzene rings is 1. The molecule has 0 saturated heterocycles. The van der Waals surface area contributed by atoms with Gasteiger partial charge in [0.2, 0.25) is 5.91 Å². The fraction of sp³-hybridized carbons (Fsp3) is 0.368. The minimum atomic E-state index is -0.531. The summed E-state index contributed by atoms with van der Waals surface area (Å²) in [6, 6.07) is 10.2. The molecular weight excluding hydrogens is 334 g/mol. The highest BCUT2D eigenvalue weighted by Gasteiger charge is 2.21. The van der Waals surface area contributed by atoms with Crippen molar-refractivity contribution in [2.24, 2.45) is 5.41 Å². The van der Waals surface area contributed by atoms with Crippen LogP contribution in [0.3, 0.4) is 0 Å². The number of Topliss-reactive ketones (excluding diaryl/α,β-unsaturated/α-hetero) is 1. The highest BCUT2D eigenvalue weighted by Crippen LogP contribution is 2.19. The van der Waals surface area contributed by atoms with Gasteiger partial charge in [0, 0.05) is 17.0 Å². The Bertz CT molecular complexity index is 848. The normalized spacial score (nSPS) is 11.1. The number of nitrogens with one attached hydrogen (secondary N) is 1. The number of carbonyl (C=O) groups is 2. The lowest BCUT2D eigenvalue weighted by Gasteiger charge is -2.16. The van der Waals surface area contributed by atoms with Gasteiger partial charge in [0.25, 0.3) is 5.56 Å². The molecule has 1 aromatic carbocycles. The maximum Gasteiger partial charge on any atom is 0.267 e. The number of amides is 1. The van der Waals surface area contributed by atoms with Crippen LogP contribution >= 0.6 is 0 Å². The van der Waals surface area contributed by atoms with Gasteiger partial charge in [-0.25, -0.2) is 4.68 Å². The van der Waals surface area contributed by atoms with Crippen LogP contribution in [0.1, 0.15) is 20.8 Å². The SMILES string of the molecule is COc1ccc(-c2ccc(=O)n(CC(=O)NCC(=O)C(C)(C)C)n2)cc1. The molecule has 0 unspecified atom stereocenters. The van der Waals surface area contributed by atoms with Crippen LogP contribution in [0.15, 0.2) is 41.2 Å². The van der Waals surface area contributed by atoms with Gasteiger partial charge in [0.15, 0.2) is 5.78 Å². The molecule has 0 atom stereocenters. The number of hydrogen-bond acceptors (Lipinski definition) is 5. The zero-order valence-electron chi connectivity index (χ0n) is 15.4. The number of carbonyl (C=O) groups excluding carboxylic acids is 2. The molecule has 2 aromatic rings. The van der Waals surface area contributed by atoms with E-state index in [9.17, 15) is 14.4 Å². The van der Waals surface area contributed by atoms with E-state index in [2.05, 4.69) is 10.4 Å². The average Bonchev–Trinajstić information content (AvgIpc) is 2.60. The lowest BCUT2D eigenvalue weighted by Crippen LogP contribution is -2.39. The molecule has 0 aliphatic carbocycles. The Morgan fingerprint density at radius 1 is 1.12 bits per heavy atom. The highest BCUT2D eigenvalue weighted by atomic mass is 16.5. The number of aromatic nitrogens is 2. The first-order valence-corrected chi connectivity index (χ1v) is 8.23. The molecule has 1 heterocycles. The van der Waals surface area contributed by atoms with Crippen LogP contribution < -0.4 is 15.6 Å². The lowest BCUT2D eigenvalue weighted by atomic mass is 9.91. The molecule has 2 rings (SSSR count). The van der Waals surface area contributed by atoms with E-state index in [0.717, 1.165) is 10.2 Å². The number of ether oxygens (including phenoxy) is 1. The van der Waals surface area contributed by atoms with E-state index < -0.39 is 11.3 Å². The van der Waals surface area contributed by atoms with Crippen molar-refractivity contribution in [3.63, 3.8) is 0 Å².